The molecule has 4 rings (SSSR count). The second-order valence-corrected chi connectivity index (χ2v) is 13.0. The van der Waals surface area contributed by atoms with Gasteiger partial charge in [0.1, 0.15) is 5.82 Å². The molecule has 9 nitrogen and oxygen atoms in total. The number of aryl methyl sites for hydroxylation is 1. The average Bonchev–Trinajstić information content (AvgIpc) is 3.44. The van der Waals surface area contributed by atoms with Crippen LogP contribution < -0.4 is 20.8 Å². The molecule has 0 amide bonds. The van der Waals surface area contributed by atoms with E-state index < -0.39 is 18.3 Å². The van der Waals surface area contributed by atoms with Gasteiger partial charge in [-0.25, -0.2) is 4.98 Å². The summed E-state index contributed by atoms with van der Waals surface area (Å²) in [6.45, 7) is 4.95. The van der Waals surface area contributed by atoms with E-state index in [9.17, 15) is 20.4 Å². The number of anilines is 1. The first kappa shape index (κ1) is 34.8. The maximum absolute atomic E-state index is 11.1. The fraction of sp³-hybridized carbons (Fsp3) is 0.583. The van der Waals surface area contributed by atoms with Gasteiger partial charge < -0.3 is 41.2 Å². The molecule has 45 heavy (non-hydrogen) atoms. The first-order chi connectivity index (χ1) is 21.7. The van der Waals surface area contributed by atoms with Crippen LogP contribution in [0.25, 0.3) is 0 Å². The van der Waals surface area contributed by atoms with Gasteiger partial charge in [-0.2, -0.15) is 11.9 Å². The van der Waals surface area contributed by atoms with Crippen molar-refractivity contribution < 1.29 is 25.2 Å². The molecule has 3 aromatic rings. The number of aromatic nitrogens is 2. The summed E-state index contributed by atoms with van der Waals surface area (Å²) in [5, 5.41) is 45.7. The second-order valence-electron chi connectivity index (χ2n) is 13.0. The number of nitrogens with zero attached hydrogens (tertiary/aromatic N) is 2. The summed E-state index contributed by atoms with van der Waals surface area (Å²) in [5.41, 5.74) is 8.98. The monoisotopic (exact) mass is 621 g/mol. The Morgan fingerprint density at radius 3 is 2.67 bits per heavy atom. The molecule has 0 bridgehead atoms. The molecule has 0 saturated heterocycles. The van der Waals surface area contributed by atoms with Crippen LogP contribution in [0.4, 0.5) is 5.82 Å². The zero-order chi connectivity index (χ0) is 32.2. The average molecular weight is 622 g/mol. The minimum absolute atomic E-state index is 0.0784. The Hall–Kier alpha value is -3.11. The SMILES string of the molecule is CCC1CCC(C(O)CC(O)CCc2ccc(O)c(OCCC(Cc3ccc[n-]3)c3ccnc(N)c3)c2)CC(NCC(C)O)C1. The van der Waals surface area contributed by atoms with Crippen LogP contribution >= 0.6 is 0 Å². The van der Waals surface area contributed by atoms with Crippen LogP contribution in [-0.2, 0) is 12.8 Å². The van der Waals surface area contributed by atoms with Crippen molar-refractivity contribution in [2.24, 2.45) is 11.8 Å². The van der Waals surface area contributed by atoms with E-state index in [1.54, 1.807) is 25.4 Å². The number of hydrogen-bond donors (Lipinski definition) is 6. The Morgan fingerprint density at radius 1 is 1.09 bits per heavy atom. The lowest BCUT2D eigenvalue weighted by atomic mass is 9.88. The number of benzene rings is 1. The van der Waals surface area contributed by atoms with E-state index in [0.29, 0.717) is 56.3 Å². The highest BCUT2D eigenvalue weighted by Gasteiger charge is 2.30. The van der Waals surface area contributed by atoms with Crippen molar-refractivity contribution in [2.75, 3.05) is 18.9 Å². The molecule has 1 aliphatic rings. The topological polar surface area (TPSA) is 155 Å². The smallest absolute Gasteiger partial charge is 0.161 e. The Kier molecular flexibility index (Phi) is 13.6. The molecule has 248 valence electrons. The molecule has 9 heteroatoms. The molecule has 0 spiro atoms. The molecule has 2 aromatic heterocycles. The molecule has 1 aromatic carbocycles. The molecule has 7 atom stereocenters. The Bertz CT molecular complexity index is 1270. The van der Waals surface area contributed by atoms with E-state index in [0.717, 1.165) is 55.3 Å². The summed E-state index contributed by atoms with van der Waals surface area (Å²) < 4.78 is 6.06. The minimum Gasteiger partial charge on any atom is -0.668 e. The van der Waals surface area contributed by atoms with Crippen LogP contribution in [0, 0.1) is 11.8 Å². The van der Waals surface area contributed by atoms with E-state index in [1.165, 1.54) is 0 Å². The van der Waals surface area contributed by atoms with Crippen LogP contribution in [0.2, 0.25) is 0 Å². The molecule has 0 radical (unpaired) electrons. The number of nitrogens with two attached hydrogens (primary N) is 1. The predicted octanol–water partition coefficient (Wildman–Crippen LogP) is 4.72. The Labute approximate surface area is 268 Å². The van der Waals surface area contributed by atoms with Crippen molar-refractivity contribution in [3.05, 3.63) is 71.7 Å². The van der Waals surface area contributed by atoms with Gasteiger partial charge in [0.15, 0.2) is 11.5 Å². The third kappa shape index (κ3) is 11.3. The summed E-state index contributed by atoms with van der Waals surface area (Å²) >= 11 is 0. The quantitative estimate of drug-likeness (QED) is 0.117. The van der Waals surface area contributed by atoms with E-state index in [2.05, 4.69) is 22.2 Å². The molecule has 1 saturated carbocycles. The predicted molar refractivity (Wildman–Crippen MR) is 177 cm³/mol. The third-order valence-corrected chi connectivity index (χ3v) is 9.35. The van der Waals surface area contributed by atoms with Crippen molar-refractivity contribution >= 4 is 5.82 Å². The van der Waals surface area contributed by atoms with E-state index in [4.69, 9.17) is 10.5 Å². The van der Waals surface area contributed by atoms with Gasteiger partial charge in [0.2, 0.25) is 0 Å². The van der Waals surface area contributed by atoms with Crippen LogP contribution in [0.15, 0.2) is 54.9 Å². The van der Waals surface area contributed by atoms with Crippen LogP contribution in [0.1, 0.15) is 88.0 Å². The van der Waals surface area contributed by atoms with Gasteiger partial charge in [-0.3, -0.25) is 0 Å². The molecule has 0 aliphatic heterocycles. The number of aliphatic hydroxyl groups is 3. The van der Waals surface area contributed by atoms with Gasteiger partial charge in [-0.15, -0.1) is 0 Å². The van der Waals surface area contributed by atoms with Crippen molar-refractivity contribution in [3.63, 3.8) is 0 Å². The first-order valence-corrected chi connectivity index (χ1v) is 16.7. The molecular formula is C36H53N4O5-. The number of phenolic OH excluding ortho intramolecular Hbond substituents is 1. The number of aromatic hydroxyl groups is 1. The molecule has 7 unspecified atom stereocenters. The van der Waals surface area contributed by atoms with Gasteiger partial charge in [0, 0.05) is 18.8 Å². The number of nitrogens with one attached hydrogen (secondary N) is 1. The molecule has 1 fully saturated rings. The van der Waals surface area contributed by atoms with E-state index in [1.807, 2.05) is 36.4 Å². The highest BCUT2D eigenvalue weighted by molar-refractivity contribution is 5.42. The van der Waals surface area contributed by atoms with Crippen molar-refractivity contribution in [2.45, 2.75) is 108 Å². The normalized spacial score (nSPS) is 21.5. The molecule has 1 aliphatic carbocycles. The Balaban J connectivity index is 1.28. The van der Waals surface area contributed by atoms with Gasteiger partial charge in [-0.1, -0.05) is 38.0 Å². The van der Waals surface area contributed by atoms with Gasteiger partial charge in [0.05, 0.1) is 24.9 Å². The summed E-state index contributed by atoms with van der Waals surface area (Å²) in [5.74, 6) is 1.83. The number of aliphatic hydroxyl groups excluding tert-OH is 3. The lowest BCUT2D eigenvalue weighted by molar-refractivity contribution is 0.0327. The van der Waals surface area contributed by atoms with Gasteiger partial charge in [0.25, 0.3) is 0 Å². The number of phenols is 1. The second kappa shape index (κ2) is 17.5. The third-order valence-electron chi connectivity index (χ3n) is 9.35. The van der Waals surface area contributed by atoms with Gasteiger partial charge >= 0.3 is 0 Å². The van der Waals surface area contributed by atoms with Gasteiger partial charge in [-0.05, 0) is 111 Å². The first-order valence-electron chi connectivity index (χ1n) is 16.7. The fourth-order valence-electron chi connectivity index (χ4n) is 6.65. The van der Waals surface area contributed by atoms with E-state index in [-0.39, 0.29) is 23.6 Å². The number of pyridine rings is 1. The number of hydrogen-bond acceptors (Lipinski definition) is 8. The van der Waals surface area contributed by atoms with Crippen molar-refractivity contribution in [3.8, 4) is 11.5 Å². The zero-order valence-corrected chi connectivity index (χ0v) is 26.9. The molecular weight excluding hydrogens is 568 g/mol. The number of nitrogen functional groups attached to an aromatic ring is 1. The lowest BCUT2D eigenvalue weighted by Gasteiger charge is -2.27. The van der Waals surface area contributed by atoms with Crippen LogP contribution in [0.3, 0.4) is 0 Å². The van der Waals surface area contributed by atoms with Crippen LogP contribution in [0.5, 0.6) is 11.5 Å². The number of ether oxygens (including phenoxy) is 1. The lowest BCUT2D eigenvalue weighted by Crippen LogP contribution is -2.38. The largest absolute Gasteiger partial charge is 0.668 e. The summed E-state index contributed by atoms with van der Waals surface area (Å²) in [6, 6.07) is 13.4. The number of rotatable bonds is 17. The maximum atomic E-state index is 11.1. The van der Waals surface area contributed by atoms with Crippen LogP contribution in [-0.4, -0.2) is 62.9 Å². The highest BCUT2D eigenvalue weighted by atomic mass is 16.5. The zero-order valence-electron chi connectivity index (χ0n) is 26.9. The standard InChI is InChI=1S/C36H53N4O5/c1-3-25-6-9-29(20-31(17-25)40-23-24(2)41)34(44)22-32(42)10-7-26-8-11-33(43)35(18-26)45-16-13-28(19-30-5-4-14-38-30)27-12-15-39-36(37)21-27/h4-5,8,11-12,14-15,18,21,24-25,28-29,31-32,34,40-44H,3,6-7,9-10,13,16-17,19-20,22-23H2,1-2H3,(H2,37,39)/q-1. The summed E-state index contributed by atoms with van der Waals surface area (Å²) in [6.07, 6.45) is 9.86. The van der Waals surface area contributed by atoms with Crippen molar-refractivity contribution in [1.29, 1.82) is 0 Å². The van der Waals surface area contributed by atoms with Crippen molar-refractivity contribution in [1.82, 2.24) is 15.3 Å². The fourth-order valence-corrected chi connectivity index (χ4v) is 6.65. The highest BCUT2D eigenvalue weighted by Crippen LogP contribution is 2.33. The minimum atomic E-state index is -0.634. The summed E-state index contributed by atoms with van der Waals surface area (Å²) in [4.78, 5) is 8.55. The Morgan fingerprint density at radius 2 is 1.93 bits per heavy atom. The maximum Gasteiger partial charge on any atom is 0.161 e. The summed E-state index contributed by atoms with van der Waals surface area (Å²) in [7, 11) is 0. The molecule has 2 heterocycles. The molecule has 7 N–H and O–H groups in total. The van der Waals surface area contributed by atoms with E-state index >= 15 is 0 Å².